The first-order valence-electron chi connectivity index (χ1n) is 11.5. The lowest BCUT2D eigenvalue weighted by Crippen LogP contribution is -2.56. The monoisotopic (exact) mass is 517 g/mol. The van der Waals surface area contributed by atoms with Gasteiger partial charge < -0.3 is 21.3 Å². The summed E-state index contributed by atoms with van der Waals surface area (Å²) in [6.07, 6.45) is -4.61. The van der Waals surface area contributed by atoms with Crippen molar-refractivity contribution in [2.24, 2.45) is 0 Å². The van der Waals surface area contributed by atoms with Gasteiger partial charge in [0.25, 0.3) is 5.91 Å². The predicted octanol–water partition coefficient (Wildman–Crippen LogP) is 2.80. The van der Waals surface area contributed by atoms with E-state index < -0.39 is 47.6 Å². The maximum Gasteiger partial charge on any atom is 0.416 e. The summed E-state index contributed by atoms with van der Waals surface area (Å²) in [4.78, 5) is 37.6. The lowest BCUT2D eigenvalue weighted by molar-refractivity contribution is -0.137. The second-order valence-corrected chi connectivity index (χ2v) is 9.50. The molecule has 4 N–H and O–H groups in total. The van der Waals surface area contributed by atoms with E-state index in [0.29, 0.717) is 18.2 Å². The molecule has 37 heavy (non-hydrogen) atoms. The Hall–Kier alpha value is -3.91. The number of nitrogens with one attached hydrogen (secondary N) is 4. The van der Waals surface area contributed by atoms with Crippen molar-refractivity contribution in [2.45, 2.75) is 52.0 Å². The fourth-order valence-electron chi connectivity index (χ4n) is 3.33. The van der Waals surface area contributed by atoms with Gasteiger partial charge in [-0.25, -0.2) is 0 Å². The molecule has 2 aromatic carbocycles. The van der Waals surface area contributed by atoms with Gasteiger partial charge >= 0.3 is 6.18 Å². The zero-order chi connectivity index (χ0) is 27.8. The van der Waals surface area contributed by atoms with E-state index in [-0.39, 0.29) is 12.1 Å². The van der Waals surface area contributed by atoms with Gasteiger partial charge in [0.05, 0.1) is 23.7 Å². The molecule has 0 saturated heterocycles. The lowest BCUT2D eigenvalue weighted by atomic mass is 10.1. The number of halogens is 3. The number of nitrogens with zero attached hydrogens (tertiary/aromatic N) is 1. The average Bonchev–Trinajstić information content (AvgIpc) is 2.81. The van der Waals surface area contributed by atoms with Crippen LogP contribution in [0.3, 0.4) is 0 Å². The molecule has 0 bridgehead atoms. The van der Waals surface area contributed by atoms with Crippen molar-refractivity contribution in [3.05, 3.63) is 70.3 Å². The minimum absolute atomic E-state index is 0.0642. The number of rotatable bonds is 9. The van der Waals surface area contributed by atoms with Crippen molar-refractivity contribution in [1.82, 2.24) is 21.3 Å². The molecule has 198 valence electrons. The summed E-state index contributed by atoms with van der Waals surface area (Å²) in [7, 11) is 0. The Balaban J connectivity index is 2.01. The molecule has 8 nitrogen and oxygen atoms in total. The molecule has 0 radical (unpaired) electrons. The number of alkyl halides is 3. The molecule has 3 amide bonds. The molecule has 2 rings (SSSR count). The van der Waals surface area contributed by atoms with Crippen molar-refractivity contribution < 1.29 is 27.6 Å². The van der Waals surface area contributed by atoms with Crippen LogP contribution in [0.5, 0.6) is 0 Å². The number of carbonyl (C=O) groups excluding carboxylic acids is 3. The van der Waals surface area contributed by atoms with Gasteiger partial charge in [-0.1, -0.05) is 12.1 Å². The third kappa shape index (κ3) is 9.57. The summed E-state index contributed by atoms with van der Waals surface area (Å²) >= 11 is 0. The van der Waals surface area contributed by atoms with Crippen LogP contribution >= 0.6 is 0 Å². The first-order valence-corrected chi connectivity index (χ1v) is 11.5. The SMILES string of the molecule is Cc1cc(C#N)ccc1CNC[C@H](NC(=O)CNC(=O)c1cccc(C(F)(F)F)c1)C(=O)NC(C)(C)C. The standard InChI is InChI=1S/C26H30F3N5O3/c1-16-10-17(12-30)8-9-19(16)13-31-14-21(24(37)34-25(2,3)4)33-22(35)15-32-23(36)18-6-5-7-20(11-18)26(27,28)29/h5-11,21,31H,13-15H2,1-4H3,(H,32,36)(H,33,35)(H,34,37)/t21-/m0/s1. The third-order valence-electron chi connectivity index (χ3n) is 5.15. The molecule has 2 aromatic rings. The van der Waals surface area contributed by atoms with Crippen LogP contribution in [0.1, 0.15) is 53.4 Å². The smallest absolute Gasteiger partial charge is 0.350 e. The molecular formula is C26H30F3N5O3. The first-order chi connectivity index (χ1) is 17.2. The van der Waals surface area contributed by atoms with Gasteiger partial charge in [0.2, 0.25) is 11.8 Å². The highest BCUT2D eigenvalue weighted by Crippen LogP contribution is 2.29. The van der Waals surface area contributed by atoms with Gasteiger partial charge in [-0.2, -0.15) is 18.4 Å². The van der Waals surface area contributed by atoms with Crippen LogP contribution in [-0.4, -0.2) is 42.4 Å². The number of aryl methyl sites for hydroxylation is 1. The second-order valence-electron chi connectivity index (χ2n) is 9.50. The Morgan fingerprint density at radius 1 is 1.05 bits per heavy atom. The van der Waals surface area contributed by atoms with Gasteiger partial charge in [0.1, 0.15) is 6.04 Å². The number of nitriles is 1. The molecule has 11 heteroatoms. The molecule has 0 heterocycles. The Morgan fingerprint density at radius 3 is 2.35 bits per heavy atom. The second kappa shape index (κ2) is 12.4. The third-order valence-corrected chi connectivity index (χ3v) is 5.15. The first kappa shape index (κ1) is 29.3. The van der Waals surface area contributed by atoms with Crippen molar-refractivity contribution in [1.29, 1.82) is 5.26 Å². The Kier molecular flexibility index (Phi) is 9.80. The Bertz CT molecular complexity index is 1180. The van der Waals surface area contributed by atoms with Crippen LogP contribution in [0.2, 0.25) is 0 Å². The van der Waals surface area contributed by atoms with Crippen molar-refractivity contribution >= 4 is 17.7 Å². The molecule has 0 aliphatic carbocycles. The molecule has 0 aliphatic heterocycles. The highest BCUT2D eigenvalue weighted by atomic mass is 19.4. The number of hydrogen-bond donors (Lipinski definition) is 4. The number of benzene rings is 2. The van der Waals surface area contributed by atoms with Gasteiger partial charge in [0.15, 0.2) is 0 Å². The average molecular weight is 518 g/mol. The van der Waals surface area contributed by atoms with Crippen molar-refractivity contribution in [2.75, 3.05) is 13.1 Å². The highest BCUT2D eigenvalue weighted by Gasteiger charge is 2.31. The topological polar surface area (TPSA) is 123 Å². The molecule has 0 spiro atoms. The van der Waals surface area contributed by atoms with Crippen LogP contribution in [0.4, 0.5) is 13.2 Å². The van der Waals surface area contributed by atoms with Crippen molar-refractivity contribution in [3.8, 4) is 6.07 Å². The minimum Gasteiger partial charge on any atom is -0.350 e. The number of hydrogen-bond acceptors (Lipinski definition) is 5. The van der Waals surface area contributed by atoms with Crippen LogP contribution in [0.15, 0.2) is 42.5 Å². The molecular weight excluding hydrogens is 487 g/mol. The minimum atomic E-state index is -4.61. The van der Waals surface area contributed by atoms with Gasteiger partial charge in [-0.15, -0.1) is 0 Å². The van der Waals surface area contributed by atoms with E-state index in [4.69, 9.17) is 5.26 Å². The largest absolute Gasteiger partial charge is 0.416 e. The fourth-order valence-corrected chi connectivity index (χ4v) is 3.33. The van der Waals surface area contributed by atoms with Crippen LogP contribution in [0.25, 0.3) is 0 Å². The molecule has 1 atom stereocenters. The zero-order valence-corrected chi connectivity index (χ0v) is 21.0. The summed E-state index contributed by atoms with van der Waals surface area (Å²) in [5, 5.41) is 19.7. The molecule has 0 unspecified atom stereocenters. The number of amides is 3. The fraction of sp³-hybridized carbons (Fsp3) is 0.385. The van der Waals surface area contributed by atoms with Gasteiger partial charge in [0, 0.05) is 24.2 Å². The molecule has 0 fully saturated rings. The van der Waals surface area contributed by atoms with E-state index in [1.807, 2.05) is 6.92 Å². The van der Waals surface area contributed by atoms with Crippen LogP contribution < -0.4 is 21.3 Å². The Morgan fingerprint density at radius 2 is 1.76 bits per heavy atom. The highest BCUT2D eigenvalue weighted by molar-refractivity contribution is 5.97. The Labute approximate surface area is 213 Å². The van der Waals surface area contributed by atoms with E-state index >= 15 is 0 Å². The molecule has 0 saturated carbocycles. The number of carbonyl (C=O) groups is 3. The summed E-state index contributed by atoms with van der Waals surface area (Å²) < 4.78 is 38.7. The van der Waals surface area contributed by atoms with Crippen LogP contribution in [-0.2, 0) is 22.3 Å². The summed E-state index contributed by atoms with van der Waals surface area (Å²) in [6, 6.07) is 10.2. The van der Waals surface area contributed by atoms with E-state index in [1.54, 1.807) is 39.0 Å². The molecule has 0 aromatic heterocycles. The molecule has 0 aliphatic rings. The van der Waals surface area contributed by atoms with Gasteiger partial charge in [-0.05, 0) is 69.2 Å². The lowest BCUT2D eigenvalue weighted by Gasteiger charge is -2.26. The quantitative estimate of drug-likeness (QED) is 0.407. The van der Waals surface area contributed by atoms with Crippen molar-refractivity contribution in [3.63, 3.8) is 0 Å². The van der Waals surface area contributed by atoms with E-state index in [0.717, 1.165) is 23.3 Å². The van der Waals surface area contributed by atoms with Crippen LogP contribution in [0, 0.1) is 18.3 Å². The predicted molar refractivity (Wildman–Crippen MR) is 131 cm³/mol. The summed E-state index contributed by atoms with van der Waals surface area (Å²) in [6.45, 7) is 7.11. The van der Waals surface area contributed by atoms with E-state index in [1.165, 1.54) is 6.07 Å². The normalized spacial score (nSPS) is 12.3. The van der Waals surface area contributed by atoms with Gasteiger partial charge in [-0.3, -0.25) is 14.4 Å². The van der Waals surface area contributed by atoms with E-state index in [9.17, 15) is 27.6 Å². The zero-order valence-electron chi connectivity index (χ0n) is 21.0. The maximum absolute atomic E-state index is 12.9. The summed E-state index contributed by atoms with van der Waals surface area (Å²) in [5.74, 6) is -1.99. The maximum atomic E-state index is 12.9. The summed E-state index contributed by atoms with van der Waals surface area (Å²) in [5.41, 5.74) is 0.540. The van der Waals surface area contributed by atoms with E-state index in [2.05, 4.69) is 27.3 Å².